The molecule has 3 rings (SSSR count). The summed E-state index contributed by atoms with van der Waals surface area (Å²) < 4.78 is 7.30. The molecule has 0 saturated carbocycles. The van der Waals surface area contributed by atoms with Crippen molar-refractivity contribution >= 4 is 22.6 Å². The standard InChI is InChI=1S/C15H20INO2/c16-13-4-1-3-12(7-13)10-19-14-8-15(11-18)5-2-6-17(15)9-14/h1,3-4,7,14,18H,2,5-6,8-11H2/t14-,15+/m1/s1. The maximum Gasteiger partial charge on any atom is 0.0725 e. The van der Waals surface area contributed by atoms with Crippen molar-refractivity contribution in [2.24, 2.45) is 0 Å². The quantitative estimate of drug-likeness (QED) is 0.823. The molecule has 0 radical (unpaired) electrons. The molecule has 2 aliphatic rings. The molecule has 2 fully saturated rings. The van der Waals surface area contributed by atoms with Crippen molar-refractivity contribution in [2.45, 2.75) is 37.5 Å². The molecule has 4 heteroatoms. The zero-order chi connectivity index (χ0) is 13.3. The van der Waals surface area contributed by atoms with Gasteiger partial charge in [0, 0.05) is 15.7 Å². The first-order valence-electron chi connectivity index (χ1n) is 6.94. The minimum Gasteiger partial charge on any atom is -0.394 e. The molecule has 0 aromatic heterocycles. The van der Waals surface area contributed by atoms with E-state index in [2.05, 4.69) is 51.8 Å². The van der Waals surface area contributed by atoms with Crippen LogP contribution in [0.1, 0.15) is 24.8 Å². The molecular formula is C15H20INO2. The first kappa shape index (κ1) is 13.8. The fraction of sp³-hybridized carbons (Fsp3) is 0.600. The summed E-state index contributed by atoms with van der Waals surface area (Å²) in [5.41, 5.74) is 1.26. The minimum absolute atomic E-state index is 0.0236. The van der Waals surface area contributed by atoms with Gasteiger partial charge >= 0.3 is 0 Å². The SMILES string of the molecule is OC[C@@]12CCCN1C[C@H](OCc1cccc(I)c1)C2. The Morgan fingerprint density at radius 2 is 2.37 bits per heavy atom. The Balaban J connectivity index is 1.58. The van der Waals surface area contributed by atoms with Crippen LogP contribution in [-0.2, 0) is 11.3 Å². The normalized spacial score (nSPS) is 30.7. The Hall–Kier alpha value is -0.170. The van der Waals surface area contributed by atoms with Gasteiger partial charge in [0.15, 0.2) is 0 Å². The molecule has 0 bridgehead atoms. The Kier molecular flexibility index (Phi) is 4.12. The summed E-state index contributed by atoms with van der Waals surface area (Å²) in [6, 6.07) is 8.44. The van der Waals surface area contributed by atoms with Crippen LogP contribution in [0.5, 0.6) is 0 Å². The third kappa shape index (κ3) is 2.82. The topological polar surface area (TPSA) is 32.7 Å². The van der Waals surface area contributed by atoms with Crippen molar-refractivity contribution in [3.8, 4) is 0 Å². The lowest BCUT2D eigenvalue weighted by Crippen LogP contribution is -2.41. The number of aliphatic hydroxyl groups is 1. The van der Waals surface area contributed by atoms with E-state index < -0.39 is 0 Å². The Morgan fingerprint density at radius 1 is 1.47 bits per heavy atom. The van der Waals surface area contributed by atoms with E-state index in [1.165, 1.54) is 15.6 Å². The Morgan fingerprint density at radius 3 is 3.11 bits per heavy atom. The zero-order valence-electron chi connectivity index (χ0n) is 11.0. The second-order valence-electron chi connectivity index (χ2n) is 5.70. The smallest absolute Gasteiger partial charge is 0.0725 e. The summed E-state index contributed by atoms with van der Waals surface area (Å²) in [7, 11) is 0. The fourth-order valence-corrected chi connectivity index (χ4v) is 4.05. The highest BCUT2D eigenvalue weighted by Gasteiger charge is 2.48. The minimum atomic E-state index is 0.0236. The summed E-state index contributed by atoms with van der Waals surface area (Å²) in [5, 5.41) is 9.67. The molecule has 3 nitrogen and oxygen atoms in total. The van der Waals surface area contributed by atoms with E-state index in [1.54, 1.807) is 0 Å². The van der Waals surface area contributed by atoms with Crippen molar-refractivity contribution in [3.63, 3.8) is 0 Å². The zero-order valence-corrected chi connectivity index (χ0v) is 13.2. The first-order chi connectivity index (χ1) is 9.22. The van der Waals surface area contributed by atoms with Crippen LogP contribution < -0.4 is 0 Å². The molecule has 0 amide bonds. The molecule has 2 aliphatic heterocycles. The molecule has 1 N–H and O–H groups in total. The van der Waals surface area contributed by atoms with Crippen LogP contribution in [0.15, 0.2) is 24.3 Å². The summed E-state index contributed by atoms with van der Waals surface area (Å²) >= 11 is 2.33. The van der Waals surface area contributed by atoms with Crippen molar-refractivity contribution in [1.82, 2.24) is 4.90 Å². The lowest BCUT2D eigenvalue weighted by atomic mass is 9.94. The number of ether oxygens (including phenoxy) is 1. The maximum atomic E-state index is 9.67. The van der Waals surface area contributed by atoms with Crippen molar-refractivity contribution in [3.05, 3.63) is 33.4 Å². The van der Waals surface area contributed by atoms with Gasteiger partial charge in [0.05, 0.1) is 19.3 Å². The van der Waals surface area contributed by atoms with Crippen LogP contribution in [0.2, 0.25) is 0 Å². The molecule has 2 atom stereocenters. The van der Waals surface area contributed by atoms with Gasteiger partial charge in [-0.1, -0.05) is 12.1 Å². The third-order valence-corrected chi connectivity index (χ3v) is 5.11. The highest BCUT2D eigenvalue weighted by molar-refractivity contribution is 14.1. The predicted molar refractivity (Wildman–Crippen MR) is 83.0 cm³/mol. The lowest BCUT2D eigenvalue weighted by Gasteiger charge is -2.28. The van der Waals surface area contributed by atoms with Gasteiger partial charge in [0.1, 0.15) is 0 Å². The second kappa shape index (κ2) is 5.68. The van der Waals surface area contributed by atoms with E-state index in [1.807, 2.05) is 0 Å². The van der Waals surface area contributed by atoms with Gasteiger partial charge in [0.2, 0.25) is 0 Å². The number of nitrogens with zero attached hydrogens (tertiary/aromatic N) is 1. The van der Waals surface area contributed by atoms with E-state index in [4.69, 9.17) is 4.74 Å². The van der Waals surface area contributed by atoms with E-state index in [0.29, 0.717) is 6.61 Å². The molecule has 1 aromatic rings. The van der Waals surface area contributed by atoms with Gasteiger partial charge < -0.3 is 9.84 Å². The number of hydrogen-bond donors (Lipinski definition) is 1. The van der Waals surface area contributed by atoms with Crippen LogP contribution in [0.25, 0.3) is 0 Å². The summed E-state index contributed by atoms with van der Waals surface area (Å²) in [4.78, 5) is 2.42. The van der Waals surface area contributed by atoms with Gasteiger partial charge in [-0.25, -0.2) is 0 Å². The first-order valence-corrected chi connectivity index (χ1v) is 8.02. The number of rotatable bonds is 4. The van der Waals surface area contributed by atoms with Crippen molar-refractivity contribution in [1.29, 1.82) is 0 Å². The van der Waals surface area contributed by atoms with Gasteiger partial charge in [0.25, 0.3) is 0 Å². The predicted octanol–water partition coefficient (Wildman–Crippen LogP) is 2.41. The van der Waals surface area contributed by atoms with Gasteiger partial charge in [-0.2, -0.15) is 0 Å². The molecule has 104 valence electrons. The summed E-state index contributed by atoms with van der Waals surface area (Å²) in [5.74, 6) is 0. The highest BCUT2D eigenvalue weighted by Crippen LogP contribution is 2.39. The Bertz CT molecular complexity index is 454. The van der Waals surface area contributed by atoms with E-state index in [-0.39, 0.29) is 18.2 Å². The number of halogens is 1. The maximum absolute atomic E-state index is 9.67. The van der Waals surface area contributed by atoms with Crippen LogP contribution >= 0.6 is 22.6 Å². The summed E-state index contributed by atoms with van der Waals surface area (Å²) in [6.45, 7) is 3.04. The number of fused-ring (bicyclic) bond motifs is 1. The van der Waals surface area contributed by atoms with Gasteiger partial charge in [-0.05, 0) is 66.1 Å². The number of aliphatic hydroxyl groups excluding tert-OH is 1. The van der Waals surface area contributed by atoms with Gasteiger partial charge in [-0.3, -0.25) is 4.90 Å². The van der Waals surface area contributed by atoms with Crippen molar-refractivity contribution in [2.75, 3.05) is 19.7 Å². The molecule has 1 aromatic carbocycles. The van der Waals surface area contributed by atoms with Crippen LogP contribution in [0.4, 0.5) is 0 Å². The lowest BCUT2D eigenvalue weighted by molar-refractivity contribution is 0.0437. The number of benzene rings is 1. The monoisotopic (exact) mass is 373 g/mol. The molecule has 2 saturated heterocycles. The second-order valence-corrected chi connectivity index (χ2v) is 6.94. The molecular weight excluding hydrogens is 353 g/mol. The molecule has 2 heterocycles. The summed E-state index contributed by atoms with van der Waals surface area (Å²) in [6.07, 6.45) is 3.58. The molecule has 0 spiro atoms. The Labute approximate surface area is 128 Å². The van der Waals surface area contributed by atoms with Crippen LogP contribution in [-0.4, -0.2) is 41.3 Å². The van der Waals surface area contributed by atoms with Crippen LogP contribution in [0.3, 0.4) is 0 Å². The number of hydrogen-bond acceptors (Lipinski definition) is 3. The van der Waals surface area contributed by atoms with Gasteiger partial charge in [-0.15, -0.1) is 0 Å². The van der Waals surface area contributed by atoms with E-state index >= 15 is 0 Å². The molecule has 0 unspecified atom stereocenters. The molecule has 19 heavy (non-hydrogen) atoms. The largest absolute Gasteiger partial charge is 0.394 e. The van der Waals surface area contributed by atoms with E-state index in [0.717, 1.165) is 25.9 Å². The average Bonchev–Trinajstić information content (AvgIpc) is 2.93. The van der Waals surface area contributed by atoms with Crippen LogP contribution in [0, 0.1) is 3.57 Å². The highest BCUT2D eigenvalue weighted by atomic mass is 127. The third-order valence-electron chi connectivity index (χ3n) is 4.44. The van der Waals surface area contributed by atoms with Crippen molar-refractivity contribution < 1.29 is 9.84 Å². The average molecular weight is 373 g/mol. The fourth-order valence-electron chi connectivity index (χ4n) is 3.44. The van der Waals surface area contributed by atoms with E-state index in [9.17, 15) is 5.11 Å². The molecule has 0 aliphatic carbocycles.